The van der Waals surface area contributed by atoms with Crippen molar-refractivity contribution in [3.05, 3.63) is 41.5 Å². The number of likely N-dealkylation sites (N-methyl/N-ethyl adjacent to an activating group) is 1. The number of benzene rings is 1. The summed E-state index contributed by atoms with van der Waals surface area (Å²) < 4.78 is 5.76. The standard InChI is InChI=1S/C16H21NO/c1-17-16(12-6-2-3-7-12)14-10-11-18-15-9-5-4-8-13(14)15/h4-6,8-9,14,16-17H,2-3,7,10-11H2,1H3. The van der Waals surface area contributed by atoms with Crippen LogP contribution in [0.25, 0.3) is 0 Å². The van der Waals surface area contributed by atoms with Crippen LogP contribution in [0.15, 0.2) is 35.9 Å². The zero-order chi connectivity index (χ0) is 12.4. The Bertz CT molecular complexity index is 452. The molecule has 18 heavy (non-hydrogen) atoms. The number of allylic oxidation sites excluding steroid dienone is 1. The maximum atomic E-state index is 5.76. The van der Waals surface area contributed by atoms with Crippen LogP contribution in [0.4, 0.5) is 0 Å². The number of rotatable bonds is 3. The topological polar surface area (TPSA) is 21.3 Å². The molecule has 0 radical (unpaired) electrons. The molecule has 2 atom stereocenters. The second kappa shape index (κ2) is 5.15. The molecule has 0 bridgehead atoms. The molecule has 1 aromatic carbocycles. The van der Waals surface area contributed by atoms with Gasteiger partial charge in [-0.2, -0.15) is 0 Å². The summed E-state index contributed by atoms with van der Waals surface area (Å²) in [5.41, 5.74) is 2.97. The molecule has 1 N–H and O–H groups in total. The van der Waals surface area contributed by atoms with E-state index in [1.54, 1.807) is 5.57 Å². The van der Waals surface area contributed by atoms with Crippen LogP contribution >= 0.6 is 0 Å². The van der Waals surface area contributed by atoms with Crippen molar-refractivity contribution in [2.24, 2.45) is 0 Å². The summed E-state index contributed by atoms with van der Waals surface area (Å²) in [6.45, 7) is 0.840. The van der Waals surface area contributed by atoms with E-state index in [2.05, 4.69) is 42.7 Å². The van der Waals surface area contributed by atoms with Gasteiger partial charge in [0.2, 0.25) is 0 Å². The molecule has 0 saturated heterocycles. The third-order valence-electron chi connectivity index (χ3n) is 4.19. The van der Waals surface area contributed by atoms with Crippen LogP contribution in [-0.2, 0) is 0 Å². The van der Waals surface area contributed by atoms with E-state index < -0.39 is 0 Å². The monoisotopic (exact) mass is 243 g/mol. The van der Waals surface area contributed by atoms with Crippen LogP contribution in [0, 0.1) is 0 Å². The Morgan fingerprint density at radius 2 is 2.22 bits per heavy atom. The van der Waals surface area contributed by atoms with E-state index in [1.807, 2.05) is 0 Å². The van der Waals surface area contributed by atoms with Gasteiger partial charge in [-0.1, -0.05) is 29.8 Å². The Morgan fingerprint density at radius 3 is 3.00 bits per heavy atom. The Morgan fingerprint density at radius 1 is 1.33 bits per heavy atom. The molecule has 1 heterocycles. The van der Waals surface area contributed by atoms with Gasteiger partial charge >= 0.3 is 0 Å². The summed E-state index contributed by atoms with van der Waals surface area (Å²) in [4.78, 5) is 0. The summed E-state index contributed by atoms with van der Waals surface area (Å²) in [6.07, 6.45) is 7.36. The second-order valence-electron chi connectivity index (χ2n) is 5.22. The van der Waals surface area contributed by atoms with Gasteiger partial charge < -0.3 is 10.1 Å². The maximum absolute atomic E-state index is 5.76. The number of nitrogens with one attached hydrogen (secondary N) is 1. The van der Waals surface area contributed by atoms with Crippen molar-refractivity contribution in [2.75, 3.05) is 13.7 Å². The van der Waals surface area contributed by atoms with Gasteiger partial charge in [-0.25, -0.2) is 0 Å². The zero-order valence-electron chi connectivity index (χ0n) is 11.0. The van der Waals surface area contributed by atoms with Crippen LogP contribution in [-0.4, -0.2) is 19.7 Å². The third-order valence-corrected chi connectivity index (χ3v) is 4.19. The largest absolute Gasteiger partial charge is 0.493 e. The SMILES string of the molecule is CNC(C1=CCCC1)C1CCOc2ccccc21. The molecule has 2 nitrogen and oxygen atoms in total. The summed E-state index contributed by atoms with van der Waals surface area (Å²) in [5.74, 6) is 1.64. The smallest absolute Gasteiger partial charge is 0.122 e. The van der Waals surface area contributed by atoms with Crippen LogP contribution < -0.4 is 10.1 Å². The molecule has 1 aromatic rings. The van der Waals surface area contributed by atoms with Gasteiger partial charge in [-0.05, 0) is 44.4 Å². The van der Waals surface area contributed by atoms with Gasteiger partial charge in [0.25, 0.3) is 0 Å². The molecule has 0 saturated carbocycles. The average Bonchev–Trinajstić information content (AvgIpc) is 2.94. The van der Waals surface area contributed by atoms with Crippen LogP contribution in [0.5, 0.6) is 5.75 Å². The molecule has 1 aliphatic heterocycles. The number of hydrogen-bond acceptors (Lipinski definition) is 2. The fraction of sp³-hybridized carbons (Fsp3) is 0.500. The van der Waals surface area contributed by atoms with Crippen molar-refractivity contribution < 1.29 is 4.74 Å². The van der Waals surface area contributed by atoms with Crippen molar-refractivity contribution in [1.29, 1.82) is 0 Å². The quantitative estimate of drug-likeness (QED) is 0.823. The Hall–Kier alpha value is -1.28. The van der Waals surface area contributed by atoms with Gasteiger partial charge in [0.15, 0.2) is 0 Å². The van der Waals surface area contributed by atoms with Gasteiger partial charge in [-0.15, -0.1) is 0 Å². The van der Waals surface area contributed by atoms with Crippen molar-refractivity contribution in [1.82, 2.24) is 5.32 Å². The van der Waals surface area contributed by atoms with Crippen LogP contribution in [0.2, 0.25) is 0 Å². The highest BCUT2D eigenvalue weighted by Gasteiger charge is 2.30. The lowest BCUT2D eigenvalue weighted by Gasteiger charge is -2.33. The zero-order valence-corrected chi connectivity index (χ0v) is 11.0. The molecule has 1 aliphatic carbocycles. The number of ether oxygens (including phenoxy) is 1. The highest BCUT2D eigenvalue weighted by molar-refractivity contribution is 5.40. The van der Waals surface area contributed by atoms with Crippen molar-refractivity contribution in [3.8, 4) is 5.75 Å². The Balaban J connectivity index is 1.92. The molecular formula is C16H21NO. The first kappa shape index (κ1) is 11.8. The highest BCUT2D eigenvalue weighted by atomic mass is 16.5. The van der Waals surface area contributed by atoms with E-state index in [4.69, 9.17) is 4.74 Å². The summed E-state index contributed by atoms with van der Waals surface area (Å²) in [7, 11) is 2.09. The first-order valence-electron chi connectivity index (χ1n) is 6.98. The van der Waals surface area contributed by atoms with Gasteiger partial charge in [0, 0.05) is 12.0 Å². The summed E-state index contributed by atoms with van der Waals surface area (Å²) >= 11 is 0. The lowest BCUT2D eigenvalue weighted by Crippen LogP contribution is -2.36. The molecule has 2 unspecified atom stereocenters. The fourth-order valence-corrected chi connectivity index (χ4v) is 3.34. The molecule has 0 spiro atoms. The molecular weight excluding hydrogens is 222 g/mol. The first-order valence-corrected chi connectivity index (χ1v) is 6.98. The van der Waals surface area contributed by atoms with E-state index in [0.717, 1.165) is 18.8 Å². The fourth-order valence-electron chi connectivity index (χ4n) is 3.34. The molecule has 0 fully saturated rings. The van der Waals surface area contributed by atoms with E-state index in [9.17, 15) is 0 Å². The van der Waals surface area contributed by atoms with Gasteiger partial charge in [-0.3, -0.25) is 0 Å². The minimum Gasteiger partial charge on any atom is -0.493 e. The van der Waals surface area contributed by atoms with Gasteiger partial charge in [0.05, 0.1) is 6.61 Å². The number of fused-ring (bicyclic) bond motifs is 1. The van der Waals surface area contributed by atoms with E-state index >= 15 is 0 Å². The lowest BCUT2D eigenvalue weighted by molar-refractivity contribution is 0.254. The first-order chi connectivity index (χ1) is 8.90. The number of para-hydroxylation sites is 1. The minimum atomic E-state index is 0.484. The molecule has 0 aromatic heterocycles. The van der Waals surface area contributed by atoms with Crippen LogP contribution in [0.1, 0.15) is 37.2 Å². The molecule has 3 rings (SSSR count). The normalized spacial score (nSPS) is 24.1. The summed E-state index contributed by atoms with van der Waals surface area (Å²) in [5, 5.41) is 3.53. The molecule has 2 heteroatoms. The van der Waals surface area contributed by atoms with Crippen molar-refractivity contribution in [2.45, 2.75) is 37.6 Å². The average molecular weight is 243 g/mol. The minimum absolute atomic E-state index is 0.484. The molecule has 96 valence electrons. The van der Waals surface area contributed by atoms with E-state index in [0.29, 0.717) is 12.0 Å². The Kier molecular flexibility index (Phi) is 3.37. The molecule has 0 amide bonds. The van der Waals surface area contributed by atoms with Crippen molar-refractivity contribution in [3.63, 3.8) is 0 Å². The molecule has 2 aliphatic rings. The highest BCUT2D eigenvalue weighted by Crippen LogP contribution is 2.39. The van der Waals surface area contributed by atoms with Crippen LogP contribution in [0.3, 0.4) is 0 Å². The third kappa shape index (κ3) is 2.05. The lowest BCUT2D eigenvalue weighted by atomic mass is 9.83. The van der Waals surface area contributed by atoms with E-state index in [1.165, 1.54) is 24.8 Å². The van der Waals surface area contributed by atoms with Gasteiger partial charge in [0.1, 0.15) is 5.75 Å². The summed E-state index contributed by atoms with van der Waals surface area (Å²) in [6, 6.07) is 8.98. The van der Waals surface area contributed by atoms with Crippen molar-refractivity contribution >= 4 is 0 Å². The second-order valence-corrected chi connectivity index (χ2v) is 5.22. The Labute approximate surface area is 109 Å². The number of hydrogen-bond donors (Lipinski definition) is 1. The predicted octanol–water partition coefficient (Wildman–Crippen LogP) is 3.25. The maximum Gasteiger partial charge on any atom is 0.122 e. The van der Waals surface area contributed by atoms with E-state index in [-0.39, 0.29) is 0 Å². The predicted molar refractivity (Wildman–Crippen MR) is 74.1 cm³/mol.